The molecule has 0 aromatic heterocycles. The molecule has 1 rings (SSSR count). The van der Waals surface area contributed by atoms with E-state index in [0.717, 1.165) is 31.4 Å². The first-order valence-electron chi connectivity index (χ1n) is 8.33. The van der Waals surface area contributed by atoms with Crippen LogP contribution in [0, 0.1) is 11.8 Å². The van der Waals surface area contributed by atoms with Gasteiger partial charge in [-0.15, -0.1) is 0 Å². The molecule has 0 saturated carbocycles. The van der Waals surface area contributed by atoms with Crippen LogP contribution >= 0.6 is 0 Å². The van der Waals surface area contributed by atoms with Crippen LogP contribution in [-0.4, -0.2) is 19.7 Å². The third kappa shape index (κ3) is 7.48. The Morgan fingerprint density at radius 2 is 1.82 bits per heavy atom. The maximum atomic E-state index is 11.5. The molecule has 0 aliphatic rings. The summed E-state index contributed by atoms with van der Waals surface area (Å²) in [5.74, 6) is 2.06. The summed E-state index contributed by atoms with van der Waals surface area (Å²) >= 11 is 0. The number of hydrogen-bond acceptors (Lipinski definition) is 3. The molecule has 3 heteroatoms. The first-order chi connectivity index (χ1) is 10.5. The van der Waals surface area contributed by atoms with Crippen molar-refractivity contribution in [1.29, 1.82) is 0 Å². The molecule has 22 heavy (non-hydrogen) atoms. The van der Waals surface area contributed by atoms with Crippen molar-refractivity contribution in [3.63, 3.8) is 0 Å². The average molecular weight is 306 g/mol. The first kappa shape index (κ1) is 18.5. The minimum Gasteiger partial charge on any atom is -0.497 e. The van der Waals surface area contributed by atoms with Crippen LogP contribution < -0.4 is 4.74 Å². The number of hydrogen-bond donors (Lipinski definition) is 0. The van der Waals surface area contributed by atoms with Gasteiger partial charge < -0.3 is 9.47 Å². The summed E-state index contributed by atoms with van der Waals surface area (Å²) in [4.78, 5) is 11.5. The third-order valence-corrected chi connectivity index (χ3v) is 3.87. The van der Waals surface area contributed by atoms with Gasteiger partial charge in [-0.25, -0.2) is 0 Å². The number of ether oxygens (including phenoxy) is 2. The largest absolute Gasteiger partial charge is 0.497 e. The van der Waals surface area contributed by atoms with Crippen molar-refractivity contribution in [2.24, 2.45) is 11.8 Å². The van der Waals surface area contributed by atoms with E-state index >= 15 is 0 Å². The number of methoxy groups -OCH3 is 1. The number of aryl methyl sites for hydroxylation is 1. The number of benzene rings is 1. The Bertz CT molecular complexity index is 423. The maximum Gasteiger partial charge on any atom is 0.305 e. The number of carbonyl (C=O) groups is 1. The van der Waals surface area contributed by atoms with Crippen LogP contribution in [0.4, 0.5) is 0 Å². The Kier molecular flexibility index (Phi) is 8.64. The summed E-state index contributed by atoms with van der Waals surface area (Å²) in [5, 5.41) is 0. The highest BCUT2D eigenvalue weighted by molar-refractivity contribution is 5.69. The van der Waals surface area contributed by atoms with Crippen molar-refractivity contribution in [1.82, 2.24) is 0 Å². The fourth-order valence-corrected chi connectivity index (χ4v) is 2.76. The lowest BCUT2D eigenvalue weighted by molar-refractivity contribution is -0.143. The quantitative estimate of drug-likeness (QED) is 0.591. The molecule has 0 saturated heterocycles. The summed E-state index contributed by atoms with van der Waals surface area (Å²) in [6.45, 7) is 6.81. The Morgan fingerprint density at radius 1 is 1.14 bits per heavy atom. The Balaban J connectivity index is 2.47. The van der Waals surface area contributed by atoms with Crippen molar-refractivity contribution in [2.75, 3.05) is 13.7 Å². The summed E-state index contributed by atoms with van der Waals surface area (Å²) < 4.78 is 10.2. The smallest absolute Gasteiger partial charge is 0.305 e. The van der Waals surface area contributed by atoms with Gasteiger partial charge in [0.15, 0.2) is 0 Å². The van der Waals surface area contributed by atoms with Crippen LogP contribution in [0.15, 0.2) is 24.3 Å². The van der Waals surface area contributed by atoms with Gasteiger partial charge in [-0.05, 0) is 62.1 Å². The van der Waals surface area contributed by atoms with Crippen molar-refractivity contribution in [3.05, 3.63) is 29.8 Å². The van der Waals surface area contributed by atoms with Crippen LogP contribution in [0.3, 0.4) is 0 Å². The first-order valence-corrected chi connectivity index (χ1v) is 8.33. The fraction of sp³-hybridized carbons (Fsp3) is 0.632. The fourth-order valence-electron chi connectivity index (χ4n) is 2.76. The lowest BCUT2D eigenvalue weighted by Gasteiger charge is -2.18. The molecule has 0 amide bonds. The van der Waals surface area contributed by atoms with Crippen molar-refractivity contribution in [2.45, 2.75) is 52.9 Å². The molecule has 1 aromatic carbocycles. The van der Waals surface area contributed by atoms with Gasteiger partial charge in [-0.2, -0.15) is 0 Å². The van der Waals surface area contributed by atoms with Crippen LogP contribution in [0.1, 0.15) is 52.0 Å². The molecule has 0 spiro atoms. The van der Waals surface area contributed by atoms with Gasteiger partial charge in [0.1, 0.15) is 5.75 Å². The van der Waals surface area contributed by atoms with E-state index in [0.29, 0.717) is 24.9 Å². The second-order valence-electron chi connectivity index (χ2n) is 6.23. The number of carbonyl (C=O) groups excluding carboxylic acids is 1. The summed E-state index contributed by atoms with van der Waals surface area (Å²) in [7, 11) is 1.68. The Morgan fingerprint density at radius 3 is 2.36 bits per heavy atom. The standard InChI is InChI=1S/C19H30O3/c1-5-22-19(20)13-10-17(14-15(2)3)7-6-16-8-11-18(21-4)12-9-16/h8-9,11-12,15,17H,5-7,10,13-14H2,1-4H3. The van der Waals surface area contributed by atoms with Crippen LogP contribution in [0.5, 0.6) is 5.75 Å². The minimum absolute atomic E-state index is 0.0688. The summed E-state index contributed by atoms with van der Waals surface area (Å²) in [5.41, 5.74) is 1.32. The van der Waals surface area contributed by atoms with Gasteiger partial charge in [0, 0.05) is 6.42 Å². The average Bonchev–Trinajstić information content (AvgIpc) is 2.50. The number of esters is 1. The van der Waals surface area contributed by atoms with Gasteiger partial charge in [-0.1, -0.05) is 26.0 Å². The predicted molar refractivity (Wildman–Crippen MR) is 90.1 cm³/mol. The molecule has 3 nitrogen and oxygen atoms in total. The highest BCUT2D eigenvalue weighted by Gasteiger charge is 2.14. The van der Waals surface area contributed by atoms with Gasteiger partial charge in [0.2, 0.25) is 0 Å². The molecular weight excluding hydrogens is 276 g/mol. The van der Waals surface area contributed by atoms with Gasteiger partial charge in [-0.3, -0.25) is 4.79 Å². The molecular formula is C19H30O3. The monoisotopic (exact) mass is 306 g/mol. The van der Waals surface area contributed by atoms with Crippen LogP contribution in [-0.2, 0) is 16.0 Å². The van der Waals surface area contributed by atoms with E-state index < -0.39 is 0 Å². The zero-order valence-corrected chi connectivity index (χ0v) is 14.4. The normalized spacial score (nSPS) is 12.2. The van der Waals surface area contributed by atoms with Crippen molar-refractivity contribution < 1.29 is 14.3 Å². The predicted octanol–water partition coefficient (Wildman–Crippen LogP) is 4.63. The van der Waals surface area contributed by atoms with Gasteiger partial charge in [0.25, 0.3) is 0 Å². The Labute approximate surface area is 135 Å². The molecule has 0 fully saturated rings. The van der Waals surface area contributed by atoms with E-state index in [4.69, 9.17) is 9.47 Å². The highest BCUT2D eigenvalue weighted by Crippen LogP contribution is 2.23. The number of rotatable bonds is 10. The van der Waals surface area contributed by atoms with E-state index in [9.17, 15) is 4.79 Å². The molecule has 1 atom stereocenters. The Hall–Kier alpha value is -1.51. The van der Waals surface area contributed by atoms with Crippen molar-refractivity contribution in [3.8, 4) is 5.75 Å². The zero-order chi connectivity index (χ0) is 16.4. The summed E-state index contributed by atoms with van der Waals surface area (Å²) in [6.07, 6.45) is 4.78. The third-order valence-electron chi connectivity index (χ3n) is 3.87. The van der Waals surface area contributed by atoms with Crippen LogP contribution in [0.25, 0.3) is 0 Å². The molecule has 0 bridgehead atoms. The van der Waals surface area contributed by atoms with Crippen molar-refractivity contribution >= 4 is 5.97 Å². The second-order valence-corrected chi connectivity index (χ2v) is 6.23. The molecule has 0 aliphatic carbocycles. The molecule has 0 aliphatic heterocycles. The maximum absolute atomic E-state index is 11.5. The van der Waals surface area contributed by atoms with Gasteiger partial charge >= 0.3 is 5.97 Å². The highest BCUT2D eigenvalue weighted by atomic mass is 16.5. The lowest BCUT2D eigenvalue weighted by Crippen LogP contribution is -2.11. The van der Waals surface area contributed by atoms with E-state index in [-0.39, 0.29) is 5.97 Å². The molecule has 1 unspecified atom stereocenters. The lowest BCUT2D eigenvalue weighted by atomic mass is 9.88. The minimum atomic E-state index is -0.0688. The van der Waals surface area contributed by atoms with E-state index in [1.54, 1.807) is 7.11 Å². The molecule has 0 N–H and O–H groups in total. The second kappa shape index (κ2) is 10.3. The molecule has 1 aromatic rings. The van der Waals surface area contributed by atoms with Crippen LogP contribution in [0.2, 0.25) is 0 Å². The molecule has 124 valence electrons. The zero-order valence-electron chi connectivity index (χ0n) is 14.4. The van der Waals surface area contributed by atoms with E-state index in [1.807, 2.05) is 19.1 Å². The molecule has 0 radical (unpaired) electrons. The topological polar surface area (TPSA) is 35.5 Å². The van der Waals surface area contributed by atoms with E-state index in [2.05, 4.69) is 26.0 Å². The van der Waals surface area contributed by atoms with Gasteiger partial charge in [0.05, 0.1) is 13.7 Å². The summed E-state index contributed by atoms with van der Waals surface area (Å²) in [6, 6.07) is 8.25. The SMILES string of the molecule is CCOC(=O)CCC(CCc1ccc(OC)cc1)CC(C)C. The molecule has 0 heterocycles. The van der Waals surface area contributed by atoms with E-state index in [1.165, 1.54) is 5.56 Å².